The van der Waals surface area contributed by atoms with Gasteiger partial charge in [0.2, 0.25) is 11.8 Å². The van der Waals surface area contributed by atoms with Crippen LogP contribution in [0.1, 0.15) is 19.3 Å². The van der Waals surface area contributed by atoms with E-state index in [-0.39, 0.29) is 17.7 Å². The van der Waals surface area contributed by atoms with E-state index in [1.54, 1.807) is 25.3 Å². The second kappa shape index (κ2) is 7.56. The summed E-state index contributed by atoms with van der Waals surface area (Å²) in [7, 11) is -2.46. The van der Waals surface area contributed by atoms with Crippen LogP contribution in [0.2, 0.25) is 0 Å². The predicted molar refractivity (Wildman–Crippen MR) is 83.0 cm³/mol. The van der Waals surface area contributed by atoms with Gasteiger partial charge in [-0.25, -0.2) is 12.7 Å². The van der Waals surface area contributed by atoms with Crippen molar-refractivity contribution in [1.82, 2.24) is 9.62 Å². The molecule has 1 aliphatic rings. The van der Waals surface area contributed by atoms with Crippen molar-refractivity contribution in [2.75, 3.05) is 20.3 Å². The Morgan fingerprint density at radius 2 is 2.04 bits per heavy atom. The maximum atomic E-state index is 12.6. The molecule has 0 aliphatic carbocycles. The Morgan fingerprint density at radius 3 is 2.70 bits per heavy atom. The van der Waals surface area contributed by atoms with Gasteiger partial charge in [0.15, 0.2) is 0 Å². The van der Waals surface area contributed by atoms with Crippen LogP contribution in [0.25, 0.3) is 0 Å². The van der Waals surface area contributed by atoms with Crippen LogP contribution in [0.3, 0.4) is 0 Å². The standard InChI is InChI=1S/C15H20N2O5S/c1-22-11-5-10-16-15(19)13-8-9-14(18)17(13)23(20,21)12-6-3-2-4-7-12/h2-4,6-7,13H,5,8-11H2,1H3,(H,16,19). The van der Waals surface area contributed by atoms with Crippen molar-refractivity contribution in [1.29, 1.82) is 0 Å². The summed E-state index contributed by atoms with van der Waals surface area (Å²) in [6.45, 7) is 0.868. The van der Waals surface area contributed by atoms with Crippen molar-refractivity contribution in [2.24, 2.45) is 0 Å². The second-order valence-corrected chi connectivity index (χ2v) is 7.01. The molecule has 1 aromatic rings. The molecule has 1 heterocycles. The SMILES string of the molecule is COCCCNC(=O)C1CCC(=O)N1S(=O)(=O)c1ccccc1. The van der Waals surface area contributed by atoms with Gasteiger partial charge in [-0.3, -0.25) is 9.59 Å². The van der Waals surface area contributed by atoms with Crippen LogP contribution in [0.4, 0.5) is 0 Å². The third-order valence-corrected chi connectivity index (χ3v) is 5.43. The summed E-state index contributed by atoms with van der Waals surface area (Å²) in [4.78, 5) is 24.3. The first kappa shape index (κ1) is 17.4. The summed E-state index contributed by atoms with van der Waals surface area (Å²) in [6, 6.07) is 6.67. The first-order valence-electron chi connectivity index (χ1n) is 7.37. The van der Waals surface area contributed by atoms with E-state index >= 15 is 0 Å². The van der Waals surface area contributed by atoms with Crippen LogP contribution >= 0.6 is 0 Å². The number of carbonyl (C=O) groups excluding carboxylic acids is 2. The van der Waals surface area contributed by atoms with Crippen LogP contribution in [-0.2, 0) is 24.3 Å². The number of hydrogen-bond acceptors (Lipinski definition) is 5. The lowest BCUT2D eigenvalue weighted by Crippen LogP contribution is -2.47. The molecule has 1 N–H and O–H groups in total. The normalized spacial score (nSPS) is 18.2. The van der Waals surface area contributed by atoms with Gasteiger partial charge >= 0.3 is 0 Å². The van der Waals surface area contributed by atoms with Gasteiger partial charge in [0, 0.05) is 26.7 Å². The fourth-order valence-electron chi connectivity index (χ4n) is 2.45. The van der Waals surface area contributed by atoms with Crippen molar-refractivity contribution < 1.29 is 22.7 Å². The summed E-state index contributed by atoms with van der Waals surface area (Å²) in [6.07, 6.45) is 0.859. The molecule has 1 aliphatic heterocycles. The van der Waals surface area contributed by atoms with Crippen molar-refractivity contribution in [3.8, 4) is 0 Å². The van der Waals surface area contributed by atoms with Gasteiger partial charge in [-0.1, -0.05) is 18.2 Å². The van der Waals surface area contributed by atoms with E-state index in [9.17, 15) is 18.0 Å². The van der Waals surface area contributed by atoms with E-state index in [0.29, 0.717) is 23.9 Å². The summed E-state index contributed by atoms with van der Waals surface area (Å²) in [5, 5.41) is 2.66. The highest BCUT2D eigenvalue weighted by Crippen LogP contribution is 2.27. The van der Waals surface area contributed by atoms with Gasteiger partial charge in [-0.05, 0) is 25.0 Å². The number of amides is 2. The number of nitrogens with zero attached hydrogens (tertiary/aromatic N) is 1. The van der Waals surface area contributed by atoms with Crippen molar-refractivity contribution >= 4 is 21.8 Å². The van der Waals surface area contributed by atoms with Crippen molar-refractivity contribution in [2.45, 2.75) is 30.2 Å². The summed E-state index contributed by atoms with van der Waals surface area (Å²) in [5.41, 5.74) is 0. The highest BCUT2D eigenvalue weighted by Gasteiger charge is 2.43. The molecule has 1 aromatic carbocycles. The predicted octanol–water partition coefficient (Wildman–Crippen LogP) is 0.519. The monoisotopic (exact) mass is 340 g/mol. The zero-order valence-corrected chi connectivity index (χ0v) is 13.7. The van der Waals surface area contributed by atoms with E-state index in [0.717, 1.165) is 0 Å². The molecule has 2 amide bonds. The second-order valence-electron chi connectivity index (χ2n) is 5.20. The Kier molecular flexibility index (Phi) is 5.73. The van der Waals surface area contributed by atoms with Crippen molar-refractivity contribution in [3.05, 3.63) is 30.3 Å². The Bertz CT molecular complexity index is 660. The van der Waals surface area contributed by atoms with E-state index in [2.05, 4.69) is 5.32 Å². The summed E-state index contributed by atoms with van der Waals surface area (Å²) in [5.74, 6) is -1.00. The van der Waals surface area contributed by atoms with Crippen LogP contribution < -0.4 is 5.32 Å². The van der Waals surface area contributed by atoms with E-state index in [4.69, 9.17) is 4.74 Å². The number of rotatable bonds is 7. The highest BCUT2D eigenvalue weighted by atomic mass is 32.2. The lowest BCUT2D eigenvalue weighted by atomic mass is 10.2. The first-order chi connectivity index (χ1) is 11.0. The Morgan fingerprint density at radius 1 is 1.35 bits per heavy atom. The number of methoxy groups -OCH3 is 1. The molecule has 7 nitrogen and oxygen atoms in total. The fraction of sp³-hybridized carbons (Fsp3) is 0.467. The molecule has 126 valence electrons. The number of nitrogens with one attached hydrogen (secondary N) is 1. The number of benzene rings is 1. The van der Waals surface area contributed by atoms with Crippen LogP contribution in [0.15, 0.2) is 35.2 Å². The fourth-order valence-corrected chi connectivity index (χ4v) is 4.08. The molecular formula is C15H20N2O5S. The minimum absolute atomic E-state index is 0.00688. The van der Waals surface area contributed by atoms with E-state index in [1.165, 1.54) is 12.1 Å². The molecule has 0 saturated carbocycles. The van der Waals surface area contributed by atoms with E-state index in [1.807, 2.05) is 0 Å². The number of sulfonamides is 1. The van der Waals surface area contributed by atoms with Crippen LogP contribution in [-0.4, -0.2) is 50.8 Å². The molecule has 8 heteroatoms. The van der Waals surface area contributed by atoms with Crippen molar-refractivity contribution in [3.63, 3.8) is 0 Å². The molecule has 1 fully saturated rings. The minimum atomic E-state index is -4.02. The third-order valence-electron chi connectivity index (χ3n) is 3.59. The summed E-state index contributed by atoms with van der Waals surface area (Å²) < 4.78 is 30.9. The first-order valence-corrected chi connectivity index (χ1v) is 8.81. The zero-order chi connectivity index (χ0) is 16.9. The lowest BCUT2D eigenvalue weighted by molar-refractivity contribution is -0.130. The average molecular weight is 340 g/mol. The van der Waals surface area contributed by atoms with Crippen LogP contribution in [0.5, 0.6) is 0 Å². The maximum Gasteiger partial charge on any atom is 0.267 e. The van der Waals surface area contributed by atoms with Gasteiger partial charge in [0.25, 0.3) is 10.0 Å². The zero-order valence-electron chi connectivity index (χ0n) is 12.9. The van der Waals surface area contributed by atoms with Gasteiger partial charge in [-0.2, -0.15) is 0 Å². The maximum absolute atomic E-state index is 12.6. The lowest BCUT2D eigenvalue weighted by Gasteiger charge is -2.23. The molecule has 0 spiro atoms. The quantitative estimate of drug-likeness (QED) is 0.731. The third kappa shape index (κ3) is 3.89. The molecular weight excluding hydrogens is 320 g/mol. The molecule has 0 bridgehead atoms. The largest absolute Gasteiger partial charge is 0.385 e. The molecule has 2 rings (SSSR count). The Hall–Kier alpha value is -1.93. The van der Waals surface area contributed by atoms with Crippen LogP contribution in [0, 0.1) is 0 Å². The molecule has 23 heavy (non-hydrogen) atoms. The Balaban J connectivity index is 2.15. The topological polar surface area (TPSA) is 92.8 Å². The van der Waals surface area contributed by atoms with Gasteiger partial charge in [-0.15, -0.1) is 0 Å². The molecule has 0 radical (unpaired) electrons. The number of ether oxygens (including phenoxy) is 1. The number of carbonyl (C=O) groups is 2. The molecule has 1 atom stereocenters. The van der Waals surface area contributed by atoms with E-state index < -0.39 is 27.9 Å². The smallest absolute Gasteiger partial charge is 0.267 e. The van der Waals surface area contributed by atoms with Gasteiger partial charge in [0.05, 0.1) is 4.90 Å². The molecule has 0 aromatic heterocycles. The molecule has 1 unspecified atom stereocenters. The van der Waals surface area contributed by atoms with Gasteiger partial charge in [0.1, 0.15) is 6.04 Å². The highest BCUT2D eigenvalue weighted by molar-refractivity contribution is 7.89. The number of hydrogen-bond donors (Lipinski definition) is 1. The Labute approximate surface area is 135 Å². The minimum Gasteiger partial charge on any atom is -0.385 e. The van der Waals surface area contributed by atoms with Gasteiger partial charge < -0.3 is 10.1 Å². The average Bonchev–Trinajstić information content (AvgIpc) is 2.95. The summed E-state index contributed by atoms with van der Waals surface area (Å²) >= 11 is 0. The molecule has 1 saturated heterocycles.